The molecular formula is C18H19ClN6O2S. The summed E-state index contributed by atoms with van der Waals surface area (Å²) in [4.78, 5) is 28.3. The highest BCUT2D eigenvalue weighted by Gasteiger charge is 2.18. The zero-order valence-electron chi connectivity index (χ0n) is 15.2. The Morgan fingerprint density at radius 2 is 2.07 bits per heavy atom. The minimum atomic E-state index is -0.267. The van der Waals surface area contributed by atoms with Crippen molar-refractivity contribution in [3.63, 3.8) is 0 Å². The normalized spacial score (nSPS) is 10.6. The molecule has 0 aliphatic heterocycles. The molecule has 0 aliphatic carbocycles. The van der Waals surface area contributed by atoms with Crippen molar-refractivity contribution in [3.05, 3.63) is 51.7 Å². The second-order valence-corrected chi connectivity index (χ2v) is 7.33. The third kappa shape index (κ3) is 5.14. The van der Waals surface area contributed by atoms with Crippen molar-refractivity contribution in [2.45, 2.75) is 20.0 Å². The summed E-state index contributed by atoms with van der Waals surface area (Å²) in [6.45, 7) is 2.54. The predicted molar refractivity (Wildman–Crippen MR) is 107 cm³/mol. The Morgan fingerprint density at radius 1 is 1.25 bits per heavy atom. The zero-order valence-corrected chi connectivity index (χ0v) is 16.8. The molecule has 146 valence electrons. The smallest absolute Gasteiger partial charge is 0.246 e. The molecule has 0 unspecified atom stereocenters. The largest absolute Gasteiger partial charge is 0.350 e. The fraction of sp³-hybridized carbons (Fsp3) is 0.278. The van der Waals surface area contributed by atoms with Crippen molar-refractivity contribution in [1.82, 2.24) is 30.4 Å². The van der Waals surface area contributed by atoms with Crippen molar-refractivity contribution in [3.8, 4) is 11.4 Å². The van der Waals surface area contributed by atoms with E-state index >= 15 is 0 Å². The van der Waals surface area contributed by atoms with Crippen molar-refractivity contribution in [2.24, 2.45) is 0 Å². The molecule has 3 aromatic rings. The van der Waals surface area contributed by atoms with Crippen molar-refractivity contribution >= 4 is 34.8 Å². The Kier molecular flexibility index (Phi) is 6.72. The van der Waals surface area contributed by atoms with Crippen LogP contribution in [0.4, 0.5) is 0 Å². The molecule has 0 saturated carbocycles. The monoisotopic (exact) mass is 418 g/mol. The number of halogens is 1. The number of carbonyl (C=O) groups excluding carboxylic acids is 2. The summed E-state index contributed by atoms with van der Waals surface area (Å²) in [5.41, 5.74) is 0.642. The van der Waals surface area contributed by atoms with Crippen LogP contribution < -0.4 is 5.32 Å². The van der Waals surface area contributed by atoms with Gasteiger partial charge in [0, 0.05) is 17.0 Å². The number of rotatable bonds is 8. The van der Waals surface area contributed by atoms with Crippen LogP contribution in [0.15, 0.2) is 41.8 Å². The van der Waals surface area contributed by atoms with Gasteiger partial charge in [-0.05, 0) is 35.7 Å². The van der Waals surface area contributed by atoms with Gasteiger partial charge in [0.15, 0.2) is 0 Å². The number of likely N-dealkylation sites (N-methyl/N-ethyl adjacent to an activating group) is 1. The van der Waals surface area contributed by atoms with Crippen LogP contribution >= 0.6 is 22.9 Å². The van der Waals surface area contributed by atoms with Gasteiger partial charge >= 0.3 is 0 Å². The van der Waals surface area contributed by atoms with Crippen LogP contribution in [0.3, 0.4) is 0 Å². The van der Waals surface area contributed by atoms with Crippen molar-refractivity contribution in [1.29, 1.82) is 0 Å². The highest BCUT2D eigenvalue weighted by molar-refractivity contribution is 7.09. The SMILES string of the molecule is CCN(CC(=O)NCc1cccs1)C(=O)Cn1nnc(-c2ccccc2Cl)n1. The van der Waals surface area contributed by atoms with Crippen LogP contribution in [0.25, 0.3) is 11.4 Å². The van der Waals surface area contributed by atoms with Crippen molar-refractivity contribution < 1.29 is 9.59 Å². The van der Waals surface area contributed by atoms with E-state index in [-0.39, 0.29) is 24.9 Å². The first-order valence-corrected chi connectivity index (χ1v) is 9.92. The molecule has 3 rings (SSSR count). The van der Waals surface area contributed by atoms with Crippen LogP contribution in [0.2, 0.25) is 5.02 Å². The summed E-state index contributed by atoms with van der Waals surface area (Å²) in [6.07, 6.45) is 0. The zero-order chi connectivity index (χ0) is 19.9. The number of amides is 2. The summed E-state index contributed by atoms with van der Waals surface area (Å²) >= 11 is 7.70. The maximum Gasteiger partial charge on any atom is 0.246 e. The topological polar surface area (TPSA) is 93.0 Å². The molecule has 0 radical (unpaired) electrons. The van der Waals surface area contributed by atoms with E-state index < -0.39 is 0 Å². The molecule has 0 bridgehead atoms. The molecule has 0 saturated heterocycles. The van der Waals surface area contributed by atoms with E-state index in [1.54, 1.807) is 23.5 Å². The van der Waals surface area contributed by atoms with Gasteiger partial charge in [0.05, 0.1) is 18.1 Å². The third-order valence-corrected chi connectivity index (χ3v) is 5.16. The molecule has 10 heteroatoms. The first-order chi connectivity index (χ1) is 13.6. The molecule has 1 aromatic carbocycles. The van der Waals surface area contributed by atoms with Crippen LogP contribution in [-0.4, -0.2) is 50.0 Å². The second kappa shape index (κ2) is 9.43. The van der Waals surface area contributed by atoms with E-state index in [9.17, 15) is 9.59 Å². The Balaban J connectivity index is 1.56. The molecule has 0 spiro atoms. The Morgan fingerprint density at radius 3 is 2.79 bits per heavy atom. The van der Waals surface area contributed by atoms with Gasteiger partial charge in [-0.1, -0.05) is 29.8 Å². The fourth-order valence-electron chi connectivity index (χ4n) is 2.49. The summed E-state index contributed by atoms with van der Waals surface area (Å²) in [6, 6.07) is 11.0. The Bertz CT molecular complexity index is 943. The molecule has 8 nitrogen and oxygen atoms in total. The van der Waals surface area contributed by atoms with E-state index in [0.29, 0.717) is 29.5 Å². The molecule has 2 heterocycles. The molecule has 0 fully saturated rings. The van der Waals surface area contributed by atoms with Gasteiger partial charge in [-0.2, -0.15) is 4.80 Å². The second-order valence-electron chi connectivity index (χ2n) is 5.89. The maximum atomic E-state index is 12.5. The van der Waals surface area contributed by atoms with E-state index in [0.717, 1.165) is 4.88 Å². The lowest BCUT2D eigenvalue weighted by Crippen LogP contribution is -2.42. The van der Waals surface area contributed by atoms with Crippen molar-refractivity contribution in [2.75, 3.05) is 13.1 Å². The van der Waals surface area contributed by atoms with Gasteiger partial charge in [0.1, 0.15) is 6.54 Å². The predicted octanol–water partition coefficient (Wildman–Crippen LogP) is 2.22. The maximum absolute atomic E-state index is 12.5. The fourth-order valence-corrected chi connectivity index (χ4v) is 3.35. The van der Waals surface area contributed by atoms with E-state index in [4.69, 9.17) is 11.6 Å². The lowest BCUT2D eigenvalue weighted by molar-refractivity contribution is -0.136. The number of benzene rings is 1. The number of carbonyl (C=O) groups is 2. The Hall–Kier alpha value is -2.78. The molecule has 2 amide bonds. The number of hydrogen-bond donors (Lipinski definition) is 1. The number of thiophene rings is 1. The molecule has 2 aromatic heterocycles. The first kappa shape index (κ1) is 20.0. The van der Waals surface area contributed by atoms with Crippen LogP contribution in [0.1, 0.15) is 11.8 Å². The van der Waals surface area contributed by atoms with Gasteiger partial charge < -0.3 is 10.2 Å². The quantitative estimate of drug-likeness (QED) is 0.605. The van der Waals surface area contributed by atoms with E-state index in [2.05, 4.69) is 20.7 Å². The first-order valence-electron chi connectivity index (χ1n) is 8.66. The number of nitrogens with one attached hydrogen (secondary N) is 1. The Labute approximate surface area is 171 Å². The van der Waals surface area contributed by atoms with Gasteiger partial charge in [-0.15, -0.1) is 21.5 Å². The highest BCUT2D eigenvalue weighted by atomic mass is 35.5. The highest BCUT2D eigenvalue weighted by Crippen LogP contribution is 2.23. The number of tetrazole rings is 1. The van der Waals surface area contributed by atoms with Crippen LogP contribution in [0.5, 0.6) is 0 Å². The standard InChI is InChI=1S/C18H19ClN6O2S/c1-2-24(11-16(26)20-10-13-6-5-9-28-13)17(27)12-25-22-18(21-23-25)14-7-3-4-8-15(14)19/h3-9H,2,10-12H2,1H3,(H,20,26). The summed E-state index contributed by atoms with van der Waals surface area (Å²) < 4.78 is 0. The van der Waals surface area contributed by atoms with Gasteiger partial charge in [-0.3, -0.25) is 9.59 Å². The average Bonchev–Trinajstić information content (AvgIpc) is 3.37. The van der Waals surface area contributed by atoms with E-state index in [1.165, 1.54) is 9.70 Å². The summed E-state index contributed by atoms with van der Waals surface area (Å²) in [5, 5.41) is 17.3. The van der Waals surface area contributed by atoms with Gasteiger partial charge in [0.25, 0.3) is 0 Å². The lowest BCUT2D eigenvalue weighted by atomic mass is 10.2. The molecule has 0 aliphatic rings. The molecule has 28 heavy (non-hydrogen) atoms. The number of aromatic nitrogens is 4. The number of nitrogens with zero attached hydrogens (tertiary/aromatic N) is 5. The lowest BCUT2D eigenvalue weighted by Gasteiger charge is -2.19. The summed E-state index contributed by atoms with van der Waals surface area (Å²) in [5.74, 6) is -0.140. The van der Waals surface area contributed by atoms with E-state index in [1.807, 2.05) is 36.6 Å². The summed E-state index contributed by atoms with van der Waals surface area (Å²) in [7, 11) is 0. The average molecular weight is 419 g/mol. The van der Waals surface area contributed by atoms with Gasteiger partial charge in [-0.25, -0.2) is 0 Å². The van der Waals surface area contributed by atoms with Crippen LogP contribution in [0, 0.1) is 0 Å². The molecular weight excluding hydrogens is 400 g/mol. The third-order valence-electron chi connectivity index (χ3n) is 3.95. The minimum absolute atomic E-state index is 0.0211. The molecule has 1 N–H and O–H groups in total. The number of hydrogen-bond acceptors (Lipinski definition) is 6. The van der Waals surface area contributed by atoms with Gasteiger partial charge in [0.2, 0.25) is 17.6 Å². The minimum Gasteiger partial charge on any atom is -0.350 e. The molecule has 0 atom stereocenters. The van der Waals surface area contributed by atoms with Crippen LogP contribution in [-0.2, 0) is 22.7 Å².